The molecule has 0 atom stereocenters. The molecule has 3 rings (SSSR count). The van der Waals surface area contributed by atoms with E-state index in [0.717, 1.165) is 29.0 Å². The first kappa shape index (κ1) is 16.4. The number of methoxy groups -OCH3 is 1. The first-order chi connectivity index (χ1) is 11.8. The Kier molecular flexibility index (Phi) is 5.39. The molecule has 0 aliphatic heterocycles. The second kappa shape index (κ2) is 7.88. The van der Waals surface area contributed by atoms with Crippen molar-refractivity contribution in [1.82, 2.24) is 4.98 Å². The Bertz CT molecular complexity index is 824. The molecule has 0 bridgehead atoms. The fourth-order valence-electron chi connectivity index (χ4n) is 2.21. The van der Waals surface area contributed by atoms with Crippen LogP contribution in [0.15, 0.2) is 46.9 Å². The molecule has 0 unspecified atom stereocenters. The molecule has 1 heterocycles. The molecule has 0 saturated heterocycles. The molecular weight excluding hydrogens is 326 g/mol. The van der Waals surface area contributed by atoms with Crippen LogP contribution in [0.2, 0.25) is 0 Å². The highest BCUT2D eigenvalue weighted by Gasteiger charge is 2.04. The van der Waals surface area contributed by atoms with Crippen molar-refractivity contribution in [1.29, 1.82) is 0 Å². The number of alkyl halides is 1. The summed E-state index contributed by atoms with van der Waals surface area (Å²) in [6.45, 7) is 0.630. The van der Waals surface area contributed by atoms with Gasteiger partial charge in [0.05, 0.1) is 13.7 Å². The average Bonchev–Trinajstić information content (AvgIpc) is 3.03. The van der Waals surface area contributed by atoms with E-state index in [1.807, 2.05) is 54.6 Å². The maximum absolute atomic E-state index is 5.71. The van der Waals surface area contributed by atoms with Crippen LogP contribution in [0.3, 0.4) is 0 Å². The van der Waals surface area contributed by atoms with Gasteiger partial charge < -0.3 is 13.9 Å². The Morgan fingerprint density at radius 1 is 1.08 bits per heavy atom. The summed E-state index contributed by atoms with van der Waals surface area (Å²) in [5, 5.41) is 0. The Balaban J connectivity index is 1.68. The van der Waals surface area contributed by atoms with Crippen molar-refractivity contribution >= 4 is 34.9 Å². The molecule has 0 saturated carbocycles. The number of halogens is 1. The standard InChI is InChI=1S/C19H18ClNO3/c1-22-16-8-9-17-18(13-16)24-19(21-17)10-5-14-3-6-15(7-4-14)23-12-2-11-20/h3-10,13H,2,11-12H2,1H3. The molecule has 0 aliphatic rings. The van der Waals surface area contributed by atoms with Gasteiger partial charge in [-0.05, 0) is 42.3 Å². The number of ether oxygens (including phenoxy) is 2. The summed E-state index contributed by atoms with van der Waals surface area (Å²) < 4.78 is 16.5. The SMILES string of the molecule is COc1ccc2nc(C=Cc3ccc(OCCCCl)cc3)oc2c1. The summed E-state index contributed by atoms with van der Waals surface area (Å²) in [6.07, 6.45) is 4.63. The highest BCUT2D eigenvalue weighted by Crippen LogP contribution is 2.22. The summed E-state index contributed by atoms with van der Waals surface area (Å²) in [5.41, 5.74) is 2.55. The van der Waals surface area contributed by atoms with Crippen LogP contribution in [0.25, 0.3) is 23.3 Å². The smallest absolute Gasteiger partial charge is 0.220 e. The van der Waals surface area contributed by atoms with E-state index in [-0.39, 0.29) is 0 Å². The summed E-state index contributed by atoms with van der Waals surface area (Å²) >= 11 is 5.63. The number of benzene rings is 2. The average molecular weight is 344 g/mol. The highest BCUT2D eigenvalue weighted by molar-refractivity contribution is 6.17. The lowest BCUT2D eigenvalue weighted by Gasteiger charge is -2.04. The van der Waals surface area contributed by atoms with Crippen LogP contribution in [0.4, 0.5) is 0 Å². The first-order valence-electron chi connectivity index (χ1n) is 7.70. The number of nitrogens with zero attached hydrogens (tertiary/aromatic N) is 1. The van der Waals surface area contributed by atoms with E-state index in [2.05, 4.69) is 4.98 Å². The minimum Gasteiger partial charge on any atom is -0.497 e. The van der Waals surface area contributed by atoms with Crippen molar-refractivity contribution in [3.63, 3.8) is 0 Å². The van der Waals surface area contributed by atoms with Gasteiger partial charge in [-0.25, -0.2) is 4.98 Å². The predicted octanol–water partition coefficient (Wildman–Crippen LogP) is 5.01. The van der Waals surface area contributed by atoms with Gasteiger partial charge in [-0.3, -0.25) is 0 Å². The second-order valence-corrected chi connectivity index (χ2v) is 5.56. The molecular formula is C19H18ClNO3. The van der Waals surface area contributed by atoms with Crippen LogP contribution in [0, 0.1) is 0 Å². The first-order valence-corrected chi connectivity index (χ1v) is 8.23. The minimum absolute atomic E-state index is 0.556. The van der Waals surface area contributed by atoms with Crippen LogP contribution >= 0.6 is 11.6 Å². The van der Waals surface area contributed by atoms with Gasteiger partial charge in [-0.1, -0.05) is 12.1 Å². The number of aromatic nitrogens is 1. The monoisotopic (exact) mass is 343 g/mol. The van der Waals surface area contributed by atoms with E-state index < -0.39 is 0 Å². The minimum atomic E-state index is 0.556. The summed E-state index contributed by atoms with van der Waals surface area (Å²) in [4.78, 5) is 4.42. The van der Waals surface area contributed by atoms with Gasteiger partial charge in [-0.15, -0.1) is 11.6 Å². The third-order valence-corrected chi connectivity index (χ3v) is 3.72. The molecule has 0 spiro atoms. The molecule has 0 aliphatic carbocycles. The van der Waals surface area contributed by atoms with Gasteiger partial charge in [0.1, 0.15) is 17.0 Å². The van der Waals surface area contributed by atoms with E-state index in [0.29, 0.717) is 24.0 Å². The molecule has 4 nitrogen and oxygen atoms in total. The third kappa shape index (κ3) is 4.09. The molecule has 24 heavy (non-hydrogen) atoms. The normalized spacial score (nSPS) is 11.2. The summed E-state index contributed by atoms with van der Waals surface area (Å²) in [5.74, 6) is 2.75. The second-order valence-electron chi connectivity index (χ2n) is 5.18. The molecule has 0 N–H and O–H groups in total. The van der Waals surface area contributed by atoms with Crippen LogP contribution in [-0.4, -0.2) is 24.6 Å². The Labute approximate surface area is 145 Å². The van der Waals surface area contributed by atoms with Gasteiger partial charge in [0.15, 0.2) is 5.58 Å². The lowest BCUT2D eigenvalue weighted by molar-refractivity contribution is 0.318. The van der Waals surface area contributed by atoms with E-state index in [1.165, 1.54) is 0 Å². The van der Waals surface area contributed by atoms with Crippen molar-refractivity contribution < 1.29 is 13.9 Å². The molecule has 1 aromatic heterocycles. The number of hydrogen-bond acceptors (Lipinski definition) is 4. The van der Waals surface area contributed by atoms with Gasteiger partial charge in [0.25, 0.3) is 0 Å². The molecule has 0 fully saturated rings. The van der Waals surface area contributed by atoms with E-state index in [1.54, 1.807) is 7.11 Å². The number of oxazole rings is 1. The zero-order valence-corrected chi connectivity index (χ0v) is 14.1. The Morgan fingerprint density at radius 3 is 2.62 bits per heavy atom. The quantitative estimate of drug-likeness (QED) is 0.446. The molecule has 2 aromatic carbocycles. The van der Waals surface area contributed by atoms with Gasteiger partial charge in [-0.2, -0.15) is 0 Å². The fourth-order valence-corrected chi connectivity index (χ4v) is 2.32. The van der Waals surface area contributed by atoms with E-state index in [9.17, 15) is 0 Å². The topological polar surface area (TPSA) is 44.5 Å². The number of hydrogen-bond donors (Lipinski definition) is 0. The maximum atomic E-state index is 5.71. The van der Waals surface area contributed by atoms with Crippen molar-refractivity contribution in [2.75, 3.05) is 19.6 Å². The van der Waals surface area contributed by atoms with Crippen LogP contribution in [-0.2, 0) is 0 Å². The predicted molar refractivity (Wildman–Crippen MR) is 96.8 cm³/mol. The molecule has 0 radical (unpaired) electrons. The summed E-state index contributed by atoms with van der Waals surface area (Å²) in [7, 11) is 1.63. The van der Waals surface area contributed by atoms with Crippen molar-refractivity contribution in [2.24, 2.45) is 0 Å². The van der Waals surface area contributed by atoms with E-state index >= 15 is 0 Å². The van der Waals surface area contributed by atoms with Gasteiger partial charge in [0.2, 0.25) is 5.89 Å². The summed E-state index contributed by atoms with van der Waals surface area (Å²) in [6, 6.07) is 13.4. The molecule has 3 aromatic rings. The van der Waals surface area contributed by atoms with Crippen LogP contribution in [0.1, 0.15) is 17.9 Å². The zero-order chi connectivity index (χ0) is 16.8. The largest absolute Gasteiger partial charge is 0.497 e. The van der Waals surface area contributed by atoms with E-state index in [4.69, 9.17) is 25.5 Å². The van der Waals surface area contributed by atoms with Gasteiger partial charge in [0, 0.05) is 18.0 Å². The van der Waals surface area contributed by atoms with Crippen molar-refractivity contribution in [3.8, 4) is 11.5 Å². The lowest BCUT2D eigenvalue weighted by Crippen LogP contribution is -1.97. The molecule has 124 valence electrons. The van der Waals surface area contributed by atoms with Gasteiger partial charge >= 0.3 is 0 Å². The lowest BCUT2D eigenvalue weighted by atomic mass is 10.2. The van der Waals surface area contributed by atoms with Crippen LogP contribution in [0.5, 0.6) is 11.5 Å². The molecule has 5 heteroatoms. The van der Waals surface area contributed by atoms with Crippen molar-refractivity contribution in [2.45, 2.75) is 6.42 Å². The fraction of sp³-hybridized carbons (Fsp3) is 0.211. The Hall–Kier alpha value is -2.46. The van der Waals surface area contributed by atoms with Crippen molar-refractivity contribution in [3.05, 3.63) is 53.9 Å². The number of rotatable bonds is 7. The Morgan fingerprint density at radius 2 is 1.88 bits per heavy atom. The van der Waals surface area contributed by atoms with Crippen LogP contribution < -0.4 is 9.47 Å². The molecule has 0 amide bonds. The maximum Gasteiger partial charge on any atom is 0.220 e. The number of fused-ring (bicyclic) bond motifs is 1. The highest BCUT2D eigenvalue weighted by atomic mass is 35.5. The zero-order valence-electron chi connectivity index (χ0n) is 13.4. The third-order valence-electron chi connectivity index (χ3n) is 3.46.